The average molecular weight is 525 g/mol. The highest BCUT2D eigenvalue weighted by molar-refractivity contribution is 9.10. The molecule has 0 amide bonds. The number of allylic oxidation sites excluding steroid dienone is 2. The first kappa shape index (κ1) is 22.0. The standard InChI is InChI=1S/C26H25BrN2O3S/c1-15-6-8-18(12-16(15)2)29-33(31,32)19-9-10-24-22(14-19)20-4-3-5-21(20)26(28-24)23-13-17(27)7-11-25(23)30/h3-4,6-14,20-21,26,28-30H,5H2,1-2H3. The maximum absolute atomic E-state index is 13.2. The Morgan fingerprint density at radius 3 is 2.61 bits per heavy atom. The summed E-state index contributed by atoms with van der Waals surface area (Å²) in [5, 5.41) is 14.1. The van der Waals surface area contributed by atoms with Gasteiger partial charge in [0, 0.05) is 27.3 Å². The van der Waals surface area contributed by atoms with Crippen molar-refractivity contribution < 1.29 is 13.5 Å². The zero-order chi connectivity index (χ0) is 23.3. The zero-order valence-electron chi connectivity index (χ0n) is 18.3. The summed E-state index contributed by atoms with van der Waals surface area (Å²) >= 11 is 3.51. The van der Waals surface area contributed by atoms with Crippen LogP contribution in [0.5, 0.6) is 5.75 Å². The number of benzene rings is 3. The Labute approximate surface area is 202 Å². The third-order valence-corrected chi connectivity index (χ3v) is 8.60. The second-order valence-electron chi connectivity index (χ2n) is 8.83. The first-order valence-electron chi connectivity index (χ1n) is 10.9. The number of nitrogens with one attached hydrogen (secondary N) is 2. The van der Waals surface area contributed by atoms with Gasteiger partial charge in [-0.3, -0.25) is 4.72 Å². The van der Waals surface area contributed by atoms with Gasteiger partial charge in [-0.15, -0.1) is 0 Å². The van der Waals surface area contributed by atoms with Crippen molar-refractivity contribution in [1.29, 1.82) is 0 Å². The Hall–Kier alpha value is -2.77. The van der Waals surface area contributed by atoms with Crippen molar-refractivity contribution >= 4 is 37.3 Å². The van der Waals surface area contributed by atoms with Crippen LogP contribution in [-0.2, 0) is 10.0 Å². The van der Waals surface area contributed by atoms with Crippen LogP contribution in [0.25, 0.3) is 0 Å². The SMILES string of the molecule is Cc1ccc(NS(=O)(=O)c2ccc3c(c2)C2C=CCC2C(c2cc(Br)ccc2O)N3)cc1C. The van der Waals surface area contributed by atoms with Crippen LogP contribution in [0.3, 0.4) is 0 Å². The van der Waals surface area contributed by atoms with Gasteiger partial charge < -0.3 is 10.4 Å². The fourth-order valence-electron chi connectivity index (χ4n) is 4.84. The first-order valence-corrected chi connectivity index (χ1v) is 13.2. The molecule has 0 bridgehead atoms. The first-order chi connectivity index (χ1) is 15.7. The highest BCUT2D eigenvalue weighted by atomic mass is 79.9. The number of phenols is 1. The van der Waals surface area contributed by atoms with Crippen LogP contribution in [0, 0.1) is 19.8 Å². The molecular formula is C26H25BrN2O3S. The van der Waals surface area contributed by atoms with E-state index in [0.29, 0.717) is 5.69 Å². The number of anilines is 2. The summed E-state index contributed by atoms with van der Waals surface area (Å²) in [5.41, 5.74) is 5.38. The predicted octanol–water partition coefficient (Wildman–Crippen LogP) is 6.40. The minimum absolute atomic E-state index is 0.0707. The van der Waals surface area contributed by atoms with Crippen molar-refractivity contribution in [3.8, 4) is 5.75 Å². The maximum atomic E-state index is 13.2. The summed E-state index contributed by atoms with van der Waals surface area (Å²) < 4.78 is 29.9. The van der Waals surface area contributed by atoms with Gasteiger partial charge in [-0.25, -0.2) is 8.42 Å². The fraction of sp³-hybridized carbons (Fsp3) is 0.231. The summed E-state index contributed by atoms with van der Waals surface area (Å²) in [6.45, 7) is 3.96. The van der Waals surface area contributed by atoms with E-state index in [9.17, 15) is 13.5 Å². The fourth-order valence-corrected chi connectivity index (χ4v) is 6.30. The van der Waals surface area contributed by atoms with E-state index in [-0.39, 0.29) is 28.5 Å². The highest BCUT2D eigenvalue weighted by Gasteiger charge is 2.39. The summed E-state index contributed by atoms with van der Waals surface area (Å²) in [7, 11) is -3.73. The molecule has 0 aromatic heterocycles. The third-order valence-electron chi connectivity index (χ3n) is 6.73. The van der Waals surface area contributed by atoms with Crippen molar-refractivity contribution in [2.45, 2.75) is 37.1 Å². The van der Waals surface area contributed by atoms with Crippen molar-refractivity contribution in [1.82, 2.24) is 0 Å². The topological polar surface area (TPSA) is 78.4 Å². The molecule has 0 saturated carbocycles. The summed E-state index contributed by atoms with van der Waals surface area (Å²) in [6, 6.07) is 16.2. The molecule has 7 heteroatoms. The number of hydrogen-bond acceptors (Lipinski definition) is 4. The lowest BCUT2D eigenvalue weighted by atomic mass is 9.77. The van der Waals surface area contributed by atoms with E-state index in [1.807, 2.05) is 44.2 Å². The van der Waals surface area contributed by atoms with E-state index in [2.05, 4.69) is 38.1 Å². The second kappa shape index (κ2) is 8.22. The largest absolute Gasteiger partial charge is 0.508 e. The van der Waals surface area contributed by atoms with Crippen LogP contribution < -0.4 is 10.0 Å². The molecule has 1 heterocycles. The molecule has 0 fully saturated rings. The molecule has 0 radical (unpaired) electrons. The average Bonchev–Trinajstić information content (AvgIpc) is 3.27. The van der Waals surface area contributed by atoms with Crippen molar-refractivity contribution in [2.75, 3.05) is 10.0 Å². The molecule has 5 rings (SSSR count). The molecule has 3 N–H and O–H groups in total. The van der Waals surface area contributed by atoms with E-state index in [1.54, 1.807) is 24.3 Å². The minimum Gasteiger partial charge on any atom is -0.508 e. The molecule has 5 nitrogen and oxygen atoms in total. The van der Waals surface area contributed by atoms with Crippen LogP contribution in [0.1, 0.15) is 40.6 Å². The highest BCUT2D eigenvalue weighted by Crippen LogP contribution is 2.51. The number of rotatable bonds is 4. The van der Waals surface area contributed by atoms with Gasteiger partial charge in [0.15, 0.2) is 0 Å². The normalized spacial score (nSPS) is 21.2. The van der Waals surface area contributed by atoms with Gasteiger partial charge in [-0.2, -0.15) is 0 Å². The molecule has 2 aliphatic rings. The lowest BCUT2D eigenvalue weighted by molar-refractivity contribution is 0.402. The lowest BCUT2D eigenvalue weighted by Crippen LogP contribution is -2.29. The Morgan fingerprint density at radius 1 is 1.00 bits per heavy atom. The van der Waals surface area contributed by atoms with Gasteiger partial charge in [-0.1, -0.05) is 34.1 Å². The molecule has 170 valence electrons. The van der Waals surface area contributed by atoms with Gasteiger partial charge in [0.1, 0.15) is 5.75 Å². The number of sulfonamides is 1. The molecule has 3 aromatic carbocycles. The lowest BCUT2D eigenvalue weighted by Gasteiger charge is -2.38. The number of aromatic hydroxyl groups is 1. The minimum atomic E-state index is -3.73. The molecule has 33 heavy (non-hydrogen) atoms. The summed E-state index contributed by atoms with van der Waals surface area (Å²) in [5.74, 6) is 0.506. The van der Waals surface area contributed by atoms with Crippen LogP contribution in [0.15, 0.2) is 76.1 Å². The van der Waals surface area contributed by atoms with E-state index in [0.717, 1.165) is 38.8 Å². The number of hydrogen-bond donors (Lipinski definition) is 3. The van der Waals surface area contributed by atoms with Crippen LogP contribution >= 0.6 is 15.9 Å². The van der Waals surface area contributed by atoms with E-state index < -0.39 is 10.0 Å². The summed E-state index contributed by atoms with van der Waals surface area (Å²) in [4.78, 5) is 0.240. The predicted molar refractivity (Wildman–Crippen MR) is 135 cm³/mol. The number of halogens is 1. The van der Waals surface area contributed by atoms with Crippen LogP contribution in [-0.4, -0.2) is 13.5 Å². The van der Waals surface area contributed by atoms with Gasteiger partial charge >= 0.3 is 0 Å². The van der Waals surface area contributed by atoms with E-state index in [4.69, 9.17) is 0 Å². The van der Waals surface area contributed by atoms with E-state index >= 15 is 0 Å². The van der Waals surface area contributed by atoms with Gasteiger partial charge in [0.05, 0.1) is 10.9 Å². The second-order valence-corrected chi connectivity index (χ2v) is 11.4. The third kappa shape index (κ3) is 4.04. The monoisotopic (exact) mass is 524 g/mol. The quantitative estimate of drug-likeness (QED) is 0.345. The Balaban J connectivity index is 1.50. The number of fused-ring (bicyclic) bond motifs is 3. The molecule has 1 aliphatic heterocycles. The number of phenolic OH excluding ortho intramolecular Hbond substituents is 1. The smallest absolute Gasteiger partial charge is 0.261 e. The Bertz CT molecular complexity index is 1380. The molecule has 3 atom stereocenters. The molecule has 0 spiro atoms. The van der Waals surface area contributed by atoms with Crippen molar-refractivity contribution in [3.63, 3.8) is 0 Å². The van der Waals surface area contributed by atoms with Crippen LogP contribution in [0.2, 0.25) is 0 Å². The maximum Gasteiger partial charge on any atom is 0.261 e. The van der Waals surface area contributed by atoms with Crippen LogP contribution in [0.4, 0.5) is 11.4 Å². The van der Waals surface area contributed by atoms with Gasteiger partial charge in [-0.05, 0) is 91.4 Å². The molecule has 1 aliphatic carbocycles. The zero-order valence-corrected chi connectivity index (χ0v) is 20.7. The Morgan fingerprint density at radius 2 is 1.82 bits per heavy atom. The van der Waals surface area contributed by atoms with Crippen molar-refractivity contribution in [3.05, 3.63) is 93.5 Å². The van der Waals surface area contributed by atoms with E-state index in [1.165, 1.54) is 0 Å². The molecule has 3 aromatic rings. The molecule has 3 unspecified atom stereocenters. The van der Waals surface area contributed by atoms with Gasteiger partial charge in [0.25, 0.3) is 10.0 Å². The number of aryl methyl sites for hydroxylation is 2. The molecular weight excluding hydrogens is 500 g/mol. The van der Waals surface area contributed by atoms with Gasteiger partial charge in [0.2, 0.25) is 0 Å². The Kier molecular flexibility index (Phi) is 5.49. The van der Waals surface area contributed by atoms with Crippen molar-refractivity contribution in [2.24, 2.45) is 5.92 Å². The summed E-state index contributed by atoms with van der Waals surface area (Å²) in [6.07, 6.45) is 5.15. The molecule has 0 saturated heterocycles.